The molecule has 0 saturated heterocycles. The molecule has 0 radical (unpaired) electrons. The lowest BCUT2D eigenvalue weighted by Gasteiger charge is -2.05. The van der Waals surface area contributed by atoms with E-state index in [0.29, 0.717) is 6.42 Å². The van der Waals surface area contributed by atoms with Gasteiger partial charge >= 0.3 is 0 Å². The van der Waals surface area contributed by atoms with Gasteiger partial charge in [0.05, 0.1) is 17.1 Å². The molecule has 2 aromatic rings. The van der Waals surface area contributed by atoms with Gasteiger partial charge < -0.3 is 5.32 Å². The van der Waals surface area contributed by atoms with Crippen molar-refractivity contribution in [2.45, 2.75) is 32.4 Å². The van der Waals surface area contributed by atoms with Gasteiger partial charge in [-0.25, -0.2) is 4.98 Å². The van der Waals surface area contributed by atoms with Gasteiger partial charge in [-0.2, -0.15) is 11.8 Å². The number of amides is 1. The summed E-state index contributed by atoms with van der Waals surface area (Å²) in [4.78, 5) is 17.3. The number of carbonyl (C=O) groups is 1. The largest absolute Gasteiger partial charge is 0.356 e. The highest BCUT2D eigenvalue weighted by atomic mass is 35.5. The zero-order valence-electron chi connectivity index (χ0n) is 13.4. The lowest BCUT2D eigenvalue weighted by atomic mass is 10.2. The van der Waals surface area contributed by atoms with Crippen molar-refractivity contribution in [1.29, 1.82) is 0 Å². The molecular weight excluding hydrogens is 348 g/mol. The normalized spacial score (nSPS) is 10.7. The van der Waals surface area contributed by atoms with E-state index in [0.717, 1.165) is 45.1 Å². The second-order valence-corrected chi connectivity index (χ2v) is 8.13. The van der Waals surface area contributed by atoms with Crippen LogP contribution in [0.1, 0.15) is 27.6 Å². The number of hydrogen-bond donors (Lipinski definition) is 1. The van der Waals surface area contributed by atoms with Gasteiger partial charge in [-0.15, -0.1) is 11.3 Å². The summed E-state index contributed by atoms with van der Waals surface area (Å²) in [6.45, 7) is 4.65. The molecule has 0 aliphatic heterocycles. The van der Waals surface area contributed by atoms with E-state index in [1.165, 1.54) is 5.56 Å². The van der Waals surface area contributed by atoms with Crippen LogP contribution in [0.4, 0.5) is 0 Å². The van der Waals surface area contributed by atoms with Gasteiger partial charge in [0.1, 0.15) is 0 Å². The summed E-state index contributed by atoms with van der Waals surface area (Å²) in [5.41, 5.74) is 2.25. The van der Waals surface area contributed by atoms with Gasteiger partial charge in [0, 0.05) is 22.2 Å². The molecule has 1 N–H and O–H groups in total. The first-order chi connectivity index (χ1) is 11.0. The van der Waals surface area contributed by atoms with Gasteiger partial charge in [0.25, 0.3) is 0 Å². The van der Waals surface area contributed by atoms with Gasteiger partial charge in [0.15, 0.2) is 0 Å². The minimum atomic E-state index is 0.0828. The molecule has 0 saturated carbocycles. The topological polar surface area (TPSA) is 42.0 Å². The van der Waals surface area contributed by atoms with Crippen molar-refractivity contribution in [3.05, 3.63) is 50.4 Å². The molecule has 0 aliphatic carbocycles. The number of hydrogen-bond acceptors (Lipinski definition) is 4. The van der Waals surface area contributed by atoms with E-state index in [-0.39, 0.29) is 5.91 Å². The van der Waals surface area contributed by atoms with E-state index < -0.39 is 0 Å². The number of benzene rings is 1. The molecule has 0 bridgehead atoms. The fraction of sp³-hybridized carbons (Fsp3) is 0.412. The first-order valence-corrected chi connectivity index (χ1v) is 9.91. The maximum Gasteiger partial charge on any atom is 0.225 e. The molecule has 1 aromatic heterocycles. The number of nitrogens with one attached hydrogen (secondary N) is 1. The second-order valence-electron chi connectivity index (χ2n) is 5.30. The van der Waals surface area contributed by atoms with Crippen LogP contribution in [-0.4, -0.2) is 23.2 Å². The van der Waals surface area contributed by atoms with Crippen molar-refractivity contribution >= 4 is 40.6 Å². The number of halogens is 1. The Morgan fingerprint density at radius 3 is 2.70 bits per heavy atom. The number of rotatable bonds is 8. The Balaban J connectivity index is 1.57. The molecular formula is C17H21ClN2OS2. The monoisotopic (exact) mass is 368 g/mol. The summed E-state index contributed by atoms with van der Waals surface area (Å²) in [7, 11) is 0. The molecule has 1 heterocycles. The van der Waals surface area contributed by atoms with Crippen LogP contribution < -0.4 is 5.32 Å². The predicted molar refractivity (Wildman–Crippen MR) is 101 cm³/mol. The van der Waals surface area contributed by atoms with Crippen LogP contribution in [0.5, 0.6) is 0 Å². The van der Waals surface area contributed by atoms with Crippen LogP contribution in [-0.2, 0) is 17.0 Å². The van der Waals surface area contributed by atoms with Crippen molar-refractivity contribution < 1.29 is 4.79 Å². The average Bonchev–Trinajstić information content (AvgIpc) is 2.82. The summed E-state index contributed by atoms with van der Waals surface area (Å²) in [6, 6.07) is 7.94. The molecule has 0 spiro atoms. The zero-order valence-corrected chi connectivity index (χ0v) is 15.8. The molecule has 0 unspecified atom stereocenters. The third-order valence-corrected chi connectivity index (χ3v) is 5.73. The standard InChI is InChI=1S/C17H21ClN2OS2/c1-12-16(23-13(2)20-12)10-17(21)19-8-3-9-22-11-14-4-6-15(18)7-5-14/h4-7H,3,8-11H2,1-2H3,(H,19,21). The number of thiazole rings is 1. The molecule has 23 heavy (non-hydrogen) atoms. The van der Waals surface area contributed by atoms with E-state index in [1.54, 1.807) is 11.3 Å². The van der Waals surface area contributed by atoms with Crippen molar-refractivity contribution in [3.8, 4) is 0 Å². The smallest absolute Gasteiger partial charge is 0.225 e. The summed E-state index contributed by atoms with van der Waals surface area (Å²) in [6.07, 6.45) is 1.42. The fourth-order valence-corrected chi connectivity index (χ4v) is 4.10. The number of thioether (sulfide) groups is 1. The molecule has 6 heteroatoms. The molecule has 0 aliphatic rings. The number of nitrogens with zero attached hydrogens (tertiary/aromatic N) is 1. The number of aryl methyl sites for hydroxylation is 2. The van der Waals surface area contributed by atoms with E-state index in [9.17, 15) is 4.79 Å². The van der Waals surface area contributed by atoms with Crippen LogP contribution in [0.25, 0.3) is 0 Å². The summed E-state index contributed by atoms with van der Waals surface area (Å²) in [5, 5.41) is 4.77. The van der Waals surface area contributed by atoms with Gasteiger partial charge in [-0.3, -0.25) is 4.79 Å². The highest BCUT2D eigenvalue weighted by molar-refractivity contribution is 7.98. The lowest BCUT2D eigenvalue weighted by molar-refractivity contribution is -0.120. The van der Waals surface area contributed by atoms with E-state index in [2.05, 4.69) is 22.4 Å². The highest BCUT2D eigenvalue weighted by Crippen LogP contribution is 2.18. The highest BCUT2D eigenvalue weighted by Gasteiger charge is 2.09. The Morgan fingerprint density at radius 2 is 2.04 bits per heavy atom. The van der Waals surface area contributed by atoms with Crippen molar-refractivity contribution in [3.63, 3.8) is 0 Å². The quantitative estimate of drug-likeness (QED) is 0.702. The third kappa shape index (κ3) is 6.53. The van der Waals surface area contributed by atoms with Gasteiger partial charge in [-0.1, -0.05) is 23.7 Å². The summed E-state index contributed by atoms with van der Waals surface area (Å²) in [5.74, 6) is 2.09. The van der Waals surface area contributed by atoms with E-state index >= 15 is 0 Å². The Bertz CT molecular complexity index is 641. The van der Waals surface area contributed by atoms with Crippen LogP contribution in [0.2, 0.25) is 5.02 Å². The number of carbonyl (C=O) groups excluding carboxylic acids is 1. The maximum atomic E-state index is 11.9. The first-order valence-electron chi connectivity index (χ1n) is 7.56. The molecule has 124 valence electrons. The van der Waals surface area contributed by atoms with E-state index in [4.69, 9.17) is 11.6 Å². The number of aromatic nitrogens is 1. The van der Waals surface area contributed by atoms with Crippen molar-refractivity contribution in [2.24, 2.45) is 0 Å². The van der Waals surface area contributed by atoms with Crippen LogP contribution >= 0.6 is 34.7 Å². The Labute approximate surface area is 150 Å². The third-order valence-electron chi connectivity index (χ3n) is 3.29. The van der Waals surface area contributed by atoms with Crippen LogP contribution in [0, 0.1) is 13.8 Å². The Hall–Kier alpha value is -1.04. The van der Waals surface area contributed by atoms with Crippen molar-refractivity contribution in [2.75, 3.05) is 12.3 Å². The average molecular weight is 369 g/mol. The predicted octanol–water partition coefficient (Wildman–Crippen LogP) is 4.40. The lowest BCUT2D eigenvalue weighted by Crippen LogP contribution is -2.26. The Morgan fingerprint density at radius 1 is 1.30 bits per heavy atom. The zero-order chi connectivity index (χ0) is 16.7. The van der Waals surface area contributed by atoms with E-state index in [1.807, 2.05) is 37.7 Å². The molecule has 0 fully saturated rings. The van der Waals surface area contributed by atoms with Gasteiger partial charge in [0.2, 0.25) is 5.91 Å². The van der Waals surface area contributed by atoms with Crippen molar-refractivity contribution in [1.82, 2.24) is 10.3 Å². The molecule has 1 aromatic carbocycles. The summed E-state index contributed by atoms with van der Waals surface area (Å²) < 4.78 is 0. The first kappa shape index (κ1) is 18.3. The maximum absolute atomic E-state index is 11.9. The Kier molecular flexibility index (Phi) is 7.40. The minimum absolute atomic E-state index is 0.0828. The van der Waals surface area contributed by atoms with Crippen LogP contribution in [0.15, 0.2) is 24.3 Å². The summed E-state index contributed by atoms with van der Waals surface area (Å²) >= 11 is 9.34. The second kappa shape index (κ2) is 9.30. The van der Waals surface area contributed by atoms with Crippen LogP contribution in [0.3, 0.4) is 0 Å². The molecule has 2 rings (SSSR count). The molecule has 3 nitrogen and oxygen atoms in total. The molecule has 1 amide bonds. The fourth-order valence-electron chi connectivity index (χ4n) is 2.12. The van der Waals surface area contributed by atoms with Gasteiger partial charge in [-0.05, 0) is 43.7 Å². The minimum Gasteiger partial charge on any atom is -0.356 e. The SMILES string of the molecule is Cc1nc(C)c(CC(=O)NCCCSCc2ccc(Cl)cc2)s1. The molecule has 0 atom stereocenters.